The van der Waals surface area contributed by atoms with E-state index in [4.69, 9.17) is 5.73 Å². The van der Waals surface area contributed by atoms with Crippen molar-refractivity contribution in [3.8, 4) is 0 Å². The molecule has 1 aromatic rings. The first-order chi connectivity index (χ1) is 9.54. The van der Waals surface area contributed by atoms with Gasteiger partial charge in [0, 0.05) is 23.9 Å². The number of ketones is 1. The van der Waals surface area contributed by atoms with E-state index in [-0.39, 0.29) is 11.8 Å². The standard InChI is InChI=1S/C15H20N4O/c1-10(2)18-15(16)19-12-5-3-11(4-6-12)14-8-7-13(20)9-17-14/h3-6,10H,7-9H2,1-2H3,(H3,16,18,19). The Labute approximate surface area is 119 Å². The highest BCUT2D eigenvalue weighted by Gasteiger charge is 2.13. The molecule has 0 saturated carbocycles. The normalized spacial score (nSPS) is 16.2. The van der Waals surface area contributed by atoms with E-state index in [0.717, 1.165) is 23.4 Å². The summed E-state index contributed by atoms with van der Waals surface area (Å²) in [5.74, 6) is 0.623. The molecule has 1 aliphatic rings. The number of anilines is 1. The summed E-state index contributed by atoms with van der Waals surface area (Å²) >= 11 is 0. The number of rotatable bonds is 3. The second kappa shape index (κ2) is 6.32. The van der Waals surface area contributed by atoms with Crippen molar-refractivity contribution in [1.82, 2.24) is 0 Å². The molecule has 20 heavy (non-hydrogen) atoms. The molecular weight excluding hydrogens is 252 g/mol. The monoisotopic (exact) mass is 272 g/mol. The van der Waals surface area contributed by atoms with Crippen LogP contribution in [0, 0.1) is 0 Å². The molecule has 0 aromatic heterocycles. The third-order valence-electron chi connectivity index (χ3n) is 2.97. The molecule has 1 aliphatic heterocycles. The van der Waals surface area contributed by atoms with Crippen LogP contribution in [0.2, 0.25) is 0 Å². The van der Waals surface area contributed by atoms with Gasteiger partial charge in [-0.3, -0.25) is 14.8 Å². The molecule has 0 unspecified atom stereocenters. The lowest BCUT2D eigenvalue weighted by Gasteiger charge is -2.12. The van der Waals surface area contributed by atoms with Gasteiger partial charge in [0.1, 0.15) is 0 Å². The predicted octanol–water partition coefficient (Wildman–Crippen LogP) is 1.97. The third-order valence-corrected chi connectivity index (χ3v) is 2.97. The minimum atomic E-state index is 0.163. The van der Waals surface area contributed by atoms with Crippen molar-refractivity contribution in [2.45, 2.75) is 32.7 Å². The van der Waals surface area contributed by atoms with E-state index < -0.39 is 0 Å². The number of hydrogen-bond donors (Lipinski definition) is 2. The lowest BCUT2D eigenvalue weighted by molar-refractivity contribution is -0.117. The van der Waals surface area contributed by atoms with Crippen molar-refractivity contribution < 1.29 is 4.79 Å². The van der Waals surface area contributed by atoms with Gasteiger partial charge in [-0.25, -0.2) is 0 Å². The maximum absolute atomic E-state index is 11.2. The number of guanidine groups is 1. The first kappa shape index (κ1) is 14.2. The van der Waals surface area contributed by atoms with Crippen molar-refractivity contribution in [2.75, 3.05) is 11.9 Å². The molecule has 0 atom stereocenters. The Balaban J connectivity index is 2.05. The van der Waals surface area contributed by atoms with Crippen LogP contribution in [-0.4, -0.2) is 30.0 Å². The first-order valence-corrected chi connectivity index (χ1v) is 6.80. The van der Waals surface area contributed by atoms with Crippen LogP contribution in [0.5, 0.6) is 0 Å². The molecular formula is C15H20N4O. The van der Waals surface area contributed by atoms with Gasteiger partial charge in [-0.1, -0.05) is 12.1 Å². The number of hydrogen-bond acceptors (Lipinski definition) is 3. The van der Waals surface area contributed by atoms with Crippen molar-refractivity contribution >= 4 is 23.1 Å². The Morgan fingerprint density at radius 2 is 2.00 bits per heavy atom. The Hall–Kier alpha value is -2.17. The highest BCUT2D eigenvalue weighted by atomic mass is 16.1. The highest BCUT2D eigenvalue weighted by Crippen LogP contribution is 2.15. The van der Waals surface area contributed by atoms with Crippen LogP contribution < -0.4 is 11.1 Å². The summed E-state index contributed by atoms with van der Waals surface area (Å²) in [5, 5.41) is 3.04. The molecule has 3 N–H and O–H groups in total. The number of nitrogens with one attached hydrogen (secondary N) is 1. The molecule has 0 saturated heterocycles. The lowest BCUT2D eigenvalue weighted by atomic mass is 10.0. The van der Waals surface area contributed by atoms with E-state index in [2.05, 4.69) is 15.3 Å². The Morgan fingerprint density at radius 3 is 2.55 bits per heavy atom. The van der Waals surface area contributed by atoms with E-state index in [9.17, 15) is 4.79 Å². The van der Waals surface area contributed by atoms with Crippen molar-refractivity contribution in [3.63, 3.8) is 0 Å². The van der Waals surface area contributed by atoms with Crippen LogP contribution in [0.15, 0.2) is 34.3 Å². The van der Waals surface area contributed by atoms with Crippen LogP contribution in [0.25, 0.3) is 0 Å². The topological polar surface area (TPSA) is 79.8 Å². The number of carbonyl (C=O) groups is 1. The smallest absolute Gasteiger partial charge is 0.193 e. The van der Waals surface area contributed by atoms with Gasteiger partial charge in [-0.05, 0) is 38.0 Å². The summed E-state index contributed by atoms with van der Waals surface area (Å²) in [5.41, 5.74) is 8.73. The van der Waals surface area contributed by atoms with Gasteiger partial charge in [0.05, 0.1) is 6.54 Å². The average molecular weight is 272 g/mol. The lowest BCUT2D eigenvalue weighted by Crippen LogP contribution is -2.24. The first-order valence-electron chi connectivity index (χ1n) is 6.80. The summed E-state index contributed by atoms with van der Waals surface area (Å²) in [6.07, 6.45) is 1.31. The van der Waals surface area contributed by atoms with E-state index in [1.165, 1.54) is 0 Å². The number of aliphatic imine (C=N–C) groups is 2. The SMILES string of the molecule is CC(C)N=C(N)Nc1ccc(C2=NCC(=O)CC2)cc1. The summed E-state index contributed by atoms with van der Waals surface area (Å²) < 4.78 is 0. The summed E-state index contributed by atoms with van der Waals surface area (Å²) in [7, 11) is 0. The van der Waals surface area contributed by atoms with Gasteiger partial charge in [-0.2, -0.15) is 0 Å². The van der Waals surface area contributed by atoms with Crippen LogP contribution in [0.3, 0.4) is 0 Å². The molecule has 2 rings (SSSR count). The minimum absolute atomic E-state index is 0.163. The van der Waals surface area contributed by atoms with Crippen LogP contribution in [-0.2, 0) is 4.79 Å². The molecule has 0 bridgehead atoms. The second-order valence-electron chi connectivity index (χ2n) is 5.11. The van der Waals surface area contributed by atoms with Gasteiger partial charge < -0.3 is 11.1 Å². The molecule has 1 aromatic carbocycles. The Bertz CT molecular complexity index is 543. The van der Waals surface area contributed by atoms with Gasteiger partial charge >= 0.3 is 0 Å². The molecule has 0 aliphatic carbocycles. The van der Waals surface area contributed by atoms with E-state index in [1.807, 2.05) is 38.1 Å². The molecule has 0 spiro atoms. The zero-order valence-electron chi connectivity index (χ0n) is 11.9. The van der Waals surface area contributed by atoms with Crippen molar-refractivity contribution in [1.29, 1.82) is 0 Å². The van der Waals surface area contributed by atoms with Gasteiger partial charge in [0.15, 0.2) is 11.7 Å². The van der Waals surface area contributed by atoms with E-state index in [1.54, 1.807) is 0 Å². The van der Waals surface area contributed by atoms with Crippen molar-refractivity contribution in [2.24, 2.45) is 15.7 Å². The van der Waals surface area contributed by atoms with Crippen molar-refractivity contribution in [3.05, 3.63) is 29.8 Å². The van der Waals surface area contributed by atoms with Gasteiger partial charge in [0.2, 0.25) is 0 Å². The largest absolute Gasteiger partial charge is 0.370 e. The molecule has 0 amide bonds. The summed E-state index contributed by atoms with van der Waals surface area (Å²) in [6, 6.07) is 8.02. The zero-order chi connectivity index (χ0) is 14.5. The van der Waals surface area contributed by atoms with Gasteiger partial charge in [0.25, 0.3) is 0 Å². The molecule has 0 radical (unpaired) electrons. The van der Waals surface area contributed by atoms with Crippen LogP contribution in [0.4, 0.5) is 5.69 Å². The fourth-order valence-electron chi connectivity index (χ4n) is 2.04. The molecule has 0 fully saturated rings. The number of Topliss-reactive ketones (excluding diaryl/α,β-unsaturated/α-hetero) is 1. The summed E-state index contributed by atoms with van der Waals surface area (Å²) in [6.45, 7) is 4.25. The number of carbonyl (C=O) groups excluding carboxylic acids is 1. The second-order valence-corrected chi connectivity index (χ2v) is 5.11. The van der Waals surface area contributed by atoms with Gasteiger partial charge in [-0.15, -0.1) is 0 Å². The van der Waals surface area contributed by atoms with Crippen LogP contribution in [0.1, 0.15) is 32.3 Å². The maximum Gasteiger partial charge on any atom is 0.193 e. The number of nitrogens with zero attached hydrogens (tertiary/aromatic N) is 2. The third kappa shape index (κ3) is 3.91. The Morgan fingerprint density at radius 1 is 1.30 bits per heavy atom. The zero-order valence-corrected chi connectivity index (χ0v) is 11.9. The molecule has 5 heteroatoms. The molecule has 106 valence electrons. The maximum atomic E-state index is 11.2. The minimum Gasteiger partial charge on any atom is -0.370 e. The predicted molar refractivity (Wildman–Crippen MR) is 82.5 cm³/mol. The molecule has 1 heterocycles. The fraction of sp³-hybridized carbons (Fsp3) is 0.400. The summed E-state index contributed by atoms with van der Waals surface area (Å²) in [4.78, 5) is 19.7. The molecule has 5 nitrogen and oxygen atoms in total. The quantitative estimate of drug-likeness (QED) is 0.652. The van der Waals surface area contributed by atoms with E-state index >= 15 is 0 Å². The highest BCUT2D eigenvalue weighted by molar-refractivity contribution is 6.05. The fourth-order valence-corrected chi connectivity index (χ4v) is 2.04. The van der Waals surface area contributed by atoms with Crippen LogP contribution >= 0.6 is 0 Å². The number of nitrogens with two attached hydrogens (primary N) is 1. The Kier molecular flexibility index (Phi) is 4.50. The van der Waals surface area contributed by atoms with E-state index in [0.29, 0.717) is 18.9 Å². The number of benzene rings is 1. The average Bonchev–Trinajstić information content (AvgIpc) is 2.39.